The van der Waals surface area contributed by atoms with Crippen LogP contribution in [0.2, 0.25) is 5.02 Å². The molecule has 1 unspecified atom stereocenters. The number of amides is 2. The lowest BCUT2D eigenvalue weighted by Gasteiger charge is -2.34. The van der Waals surface area contributed by atoms with Crippen LogP contribution in [0.4, 0.5) is 10.1 Å². The van der Waals surface area contributed by atoms with Crippen LogP contribution in [0, 0.1) is 5.82 Å². The van der Waals surface area contributed by atoms with E-state index in [4.69, 9.17) is 16.0 Å². The van der Waals surface area contributed by atoms with Crippen LogP contribution in [0.1, 0.15) is 34.2 Å². The first-order valence-electron chi connectivity index (χ1n) is 11.1. The Hall–Kier alpha value is -3.97. The minimum Gasteiger partial charge on any atom is -0.450 e. The smallest absolute Gasteiger partial charge is 0.291 e. The number of rotatable bonds is 3. The number of carbonyl (C=O) groups excluding carboxylic acids is 2. The van der Waals surface area contributed by atoms with Crippen molar-refractivity contribution in [3.05, 3.63) is 110 Å². The van der Waals surface area contributed by atoms with Crippen LogP contribution in [0.25, 0.3) is 11.0 Å². The van der Waals surface area contributed by atoms with Gasteiger partial charge < -0.3 is 14.2 Å². The van der Waals surface area contributed by atoms with E-state index in [1.807, 2.05) is 6.92 Å². The van der Waals surface area contributed by atoms with Crippen LogP contribution in [0.5, 0.6) is 0 Å². The van der Waals surface area contributed by atoms with Crippen molar-refractivity contribution in [2.24, 2.45) is 0 Å². The van der Waals surface area contributed by atoms with E-state index in [9.17, 15) is 18.8 Å². The number of halogens is 2. The number of anilines is 1. The Balaban J connectivity index is 1.73. The van der Waals surface area contributed by atoms with E-state index in [-0.39, 0.29) is 28.8 Å². The van der Waals surface area contributed by atoms with Gasteiger partial charge in [0.2, 0.25) is 5.76 Å². The lowest BCUT2D eigenvalue weighted by Crippen LogP contribution is -2.53. The molecule has 0 N–H and O–H groups in total. The summed E-state index contributed by atoms with van der Waals surface area (Å²) >= 11 is 6.42. The van der Waals surface area contributed by atoms with Crippen LogP contribution in [-0.4, -0.2) is 23.3 Å². The standard InChI is InChI=1S/C27H18ClFN2O4/c1-2-30-20-10-6-4-8-18(20)27(26(30)34)22-23(32)17-13-16(29)11-12-21(17)35-24(22)25(33)31(27)14-15-7-3-5-9-19(15)28/h3-13H,2,14H2,1H3. The molecule has 6 nitrogen and oxygen atoms in total. The molecule has 0 fully saturated rings. The van der Waals surface area contributed by atoms with Gasteiger partial charge in [0.25, 0.3) is 11.8 Å². The first-order valence-corrected chi connectivity index (χ1v) is 11.5. The number of hydrogen-bond acceptors (Lipinski definition) is 4. The Labute approximate surface area is 204 Å². The van der Waals surface area contributed by atoms with Gasteiger partial charge in [-0.05, 0) is 42.8 Å². The second-order valence-corrected chi connectivity index (χ2v) is 8.94. The number of fused-ring (bicyclic) bond motifs is 5. The summed E-state index contributed by atoms with van der Waals surface area (Å²) in [5, 5.41) is 0.389. The molecule has 4 aromatic rings. The predicted octanol–water partition coefficient (Wildman–Crippen LogP) is 4.85. The number of benzene rings is 3. The molecule has 0 radical (unpaired) electrons. The minimum absolute atomic E-state index is 0.0317. The Morgan fingerprint density at radius 1 is 1.00 bits per heavy atom. The van der Waals surface area contributed by atoms with Crippen molar-refractivity contribution in [1.82, 2.24) is 4.90 Å². The van der Waals surface area contributed by atoms with Crippen molar-refractivity contribution in [1.29, 1.82) is 0 Å². The van der Waals surface area contributed by atoms with E-state index in [0.717, 1.165) is 12.1 Å². The molecule has 0 aliphatic carbocycles. The van der Waals surface area contributed by atoms with E-state index < -0.39 is 28.6 Å². The maximum absolute atomic E-state index is 14.2. The van der Waals surface area contributed by atoms with Gasteiger partial charge in [0.15, 0.2) is 11.0 Å². The third-order valence-corrected chi connectivity index (χ3v) is 7.17. The highest BCUT2D eigenvalue weighted by Crippen LogP contribution is 2.53. The summed E-state index contributed by atoms with van der Waals surface area (Å²) in [6, 6.07) is 17.6. The molecule has 2 aliphatic heterocycles. The first kappa shape index (κ1) is 21.6. The van der Waals surface area contributed by atoms with E-state index in [1.54, 1.807) is 53.4 Å². The Morgan fingerprint density at radius 2 is 1.74 bits per heavy atom. The molecule has 0 saturated carbocycles. The van der Waals surface area contributed by atoms with Gasteiger partial charge in [-0.3, -0.25) is 14.4 Å². The number of hydrogen-bond donors (Lipinski definition) is 0. The van der Waals surface area contributed by atoms with Crippen LogP contribution in [0.15, 0.2) is 75.9 Å². The number of para-hydroxylation sites is 1. The topological polar surface area (TPSA) is 70.8 Å². The average molecular weight is 489 g/mol. The van der Waals surface area contributed by atoms with E-state index >= 15 is 0 Å². The Morgan fingerprint density at radius 3 is 2.51 bits per heavy atom. The normalized spacial score (nSPS) is 18.6. The summed E-state index contributed by atoms with van der Waals surface area (Å²) in [4.78, 5) is 44.9. The van der Waals surface area contributed by atoms with E-state index in [1.165, 1.54) is 11.0 Å². The zero-order chi connectivity index (χ0) is 24.5. The molecule has 3 heterocycles. The van der Waals surface area contributed by atoms with Crippen molar-refractivity contribution >= 4 is 40.1 Å². The number of nitrogens with zero attached hydrogens (tertiary/aromatic N) is 2. The molecule has 6 rings (SSSR count). The zero-order valence-electron chi connectivity index (χ0n) is 18.5. The molecular weight excluding hydrogens is 471 g/mol. The van der Waals surface area contributed by atoms with Crippen molar-refractivity contribution < 1.29 is 18.4 Å². The molecule has 1 aromatic heterocycles. The molecule has 0 saturated heterocycles. The maximum Gasteiger partial charge on any atom is 0.291 e. The third-order valence-electron chi connectivity index (χ3n) is 6.80. The second-order valence-electron chi connectivity index (χ2n) is 8.54. The summed E-state index contributed by atoms with van der Waals surface area (Å²) < 4.78 is 20.0. The lowest BCUT2D eigenvalue weighted by molar-refractivity contribution is -0.126. The number of carbonyl (C=O) groups is 2. The molecular formula is C27H18ClFN2O4. The second kappa shape index (κ2) is 7.52. The Kier molecular flexibility index (Phi) is 4.63. The van der Waals surface area contributed by atoms with E-state index in [2.05, 4.69) is 0 Å². The van der Waals surface area contributed by atoms with Crippen molar-refractivity contribution in [3.8, 4) is 0 Å². The molecule has 2 aliphatic rings. The first-order chi connectivity index (χ1) is 16.9. The van der Waals surface area contributed by atoms with Crippen molar-refractivity contribution in [3.63, 3.8) is 0 Å². The highest BCUT2D eigenvalue weighted by molar-refractivity contribution is 6.31. The van der Waals surface area contributed by atoms with Gasteiger partial charge >= 0.3 is 0 Å². The van der Waals surface area contributed by atoms with Gasteiger partial charge in [0.1, 0.15) is 11.4 Å². The van der Waals surface area contributed by atoms with Crippen LogP contribution in [0.3, 0.4) is 0 Å². The molecule has 35 heavy (non-hydrogen) atoms. The van der Waals surface area contributed by atoms with Gasteiger partial charge in [-0.2, -0.15) is 0 Å². The summed E-state index contributed by atoms with van der Waals surface area (Å²) in [6.07, 6.45) is 0. The van der Waals surface area contributed by atoms with Gasteiger partial charge in [-0.1, -0.05) is 48.0 Å². The number of likely N-dealkylation sites (N-methyl/N-ethyl adjacent to an activating group) is 1. The fourth-order valence-corrected chi connectivity index (χ4v) is 5.49. The molecule has 8 heteroatoms. The summed E-state index contributed by atoms with van der Waals surface area (Å²) in [6.45, 7) is 2.11. The predicted molar refractivity (Wildman–Crippen MR) is 129 cm³/mol. The highest BCUT2D eigenvalue weighted by Gasteiger charge is 2.64. The molecule has 1 atom stereocenters. The maximum atomic E-state index is 14.2. The van der Waals surface area contributed by atoms with Crippen molar-refractivity contribution in [2.75, 3.05) is 11.4 Å². The molecule has 1 spiro atoms. The van der Waals surface area contributed by atoms with Crippen molar-refractivity contribution in [2.45, 2.75) is 19.0 Å². The van der Waals surface area contributed by atoms with Crippen LogP contribution >= 0.6 is 11.6 Å². The molecule has 0 bridgehead atoms. The SMILES string of the molecule is CCN1C(=O)C2(c3ccccc31)c1c(oc3ccc(F)cc3c1=O)C(=O)N2Cc1ccccc1Cl. The van der Waals surface area contributed by atoms with Gasteiger partial charge in [-0.15, -0.1) is 0 Å². The highest BCUT2D eigenvalue weighted by atomic mass is 35.5. The quantitative estimate of drug-likeness (QED) is 0.413. The van der Waals surface area contributed by atoms with Gasteiger partial charge in [0, 0.05) is 23.7 Å². The molecule has 3 aromatic carbocycles. The lowest BCUT2D eigenvalue weighted by atomic mass is 9.83. The summed E-state index contributed by atoms with van der Waals surface area (Å²) in [5.41, 5.74) is -0.697. The molecule has 2 amide bonds. The van der Waals surface area contributed by atoms with Gasteiger partial charge in [0.05, 0.1) is 16.6 Å². The van der Waals surface area contributed by atoms with Crippen LogP contribution < -0.4 is 10.3 Å². The summed E-state index contributed by atoms with van der Waals surface area (Å²) in [5.74, 6) is -1.89. The largest absolute Gasteiger partial charge is 0.450 e. The fourth-order valence-electron chi connectivity index (χ4n) is 5.30. The van der Waals surface area contributed by atoms with Crippen LogP contribution in [-0.2, 0) is 16.9 Å². The zero-order valence-corrected chi connectivity index (χ0v) is 19.3. The Bertz CT molecular complexity index is 1630. The van der Waals surface area contributed by atoms with E-state index in [0.29, 0.717) is 28.4 Å². The summed E-state index contributed by atoms with van der Waals surface area (Å²) in [7, 11) is 0. The molecule has 174 valence electrons. The third kappa shape index (κ3) is 2.73. The fraction of sp³-hybridized carbons (Fsp3) is 0.148. The van der Waals surface area contributed by atoms with Gasteiger partial charge in [-0.25, -0.2) is 4.39 Å². The minimum atomic E-state index is -1.76. The average Bonchev–Trinajstić information content (AvgIpc) is 3.25. The monoisotopic (exact) mass is 488 g/mol.